The van der Waals surface area contributed by atoms with Crippen molar-refractivity contribution in [3.8, 4) is 0 Å². The molecule has 0 spiro atoms. The number of H-pyrrole nitrogens is 1. The first-order valence-electron chi connectivity index (χ1n) is 6.78. The highest BCUT2D eigenvalue weighted by atomic mass is 32.1. The van der Waals surface area contributed by atoms with Crippen molar-refractivity contribution in [2.75, 3.05) is 0 Å². The largest absolute Gasteiger partial charge is 0.416 e. The molecule has 1 aliphatic rings. The molecule has 1 fully saturated rings. The number of rotatable bonds is 1. The zero-order valence-electron chi connectivity index (χ0n) is 10.8. The fourth-order valence-electron chi connectivity index (χ4n) is 3.01. The van der Waals surface area contributed by atoms with Crippen molar-refractivity contribution >= 4 is 23.3 Å². The summed E-state index contributed by atoms with van der Waals surface area (Å²) in [4.78, 5) is 2.91. The summed E-state index contributed by atoms with van der Waals surface area (Å²) < 4.78 is 40.7. The van der Waals surface area contributed by atoms with Crippen molar-refractivity contribution in [3.05, 3.63) is 28.5 Å². The fourth-order valence-corrected chi connectivity index (χ4v) is 3.37. The van der Waals surface area contributed by atoms with E-state index in [4.69, 9.17) is 12.2 Å². The highest BCUT2D eigenvalue weighted by Crippen LogP contribution is 2.34. The summed E-state index contributed by atoms with van der Waals surface area (Å²) in [5.41, 5.74) is 0.599. The number of aromatic amines is 1. The van der Waals surface area contributed by atoms with Gasteiger partial charge in [0.2, 0.25) is 0 Å². The highest BCUT2D eigenvalue weighted by Gasteiger charge is 2.31. The Morgan fingerprint density at radius 3 is 2.50 bits per heavy atom. The summed E-state index contributed by atoms with van der Waals surface area (Å²) >= 11 is 5.30. The second-order valence-electron chi connectivity index (χ2n) is 5.32. The van der Waals surface area contributed by atoms with Gasteiger partial charge in [0.25, 0.3) is 0 Å². The van der Waals surface area contributed by atoms with E-state index in [-0.39, 0.29) is 0 Å². The lowest BCUT2D eigenvalue weighted by molar-refractivity contribution is -0.137. The molecular formula is C14H15F3N2S. The highest BCUT2D eigenvalue weighted by molar-refractivity contribution is 7.71. The van der Waals surface area contributed by atoms with Gasteiger partial charge in [0, 0.05) is 6.04 Å². The molecule has 1 saturated carbocycles. The van der Waals surface area contributed by atoms with Gasteiger partial charge in [0.15, 0.2) is 4.77 Å². The maximum absolute atomic E-state index is 12.7. The molecule has 108 valence electrons. The van der Waals surface area contributed by atoms with Crippen LogP contribution in [0.2, 0.25) is 0 Å². The third kappa shape index (κ3) is 2.37. The van der Waals surface area contributed by atoms with Gasteiger partial charge in [0.05, 0.1) is 16.6 Å². The SMILES string of the molecule is FC(F)(F)c1ccc2c(c1)[nH]c(=S)n2C1CCCCC1. The van der Waals surface area contributed by atoms with Gasteiger partial charge in [-0.3, -0.25) is 0 Å². The van der Waals surface area contributed by atoms with Crippen LogP contribution < -0.4 is 0 Å². The van der Waals surface area contributed by atoms with Crippen LogP contribution >= 0.6 is 12.2 Å². The Balaban J connectivity index is 2.10. The Labute approximate surface area is 119 Å². The number of nitrogens with zero attached hydrogens (tertiary/aromatic N) is 1. The zero-order valence-corrected chi connectivity index (χ0v) is 11.7. The Morgan fingerprint density at radius 1 is 1.15 bits per heavy atom. The molecule has 2 aromatic rings. The predicted molar refractivity (Wildman–Crippen MR) is 74.2 cm³/mol. The monoisotopic (exact) mass is 300 g/mol. The van der Waals surface area contributed by atoms with Crippen LogP contribution in [-0.2, 0) is 6.18 Å². The lowest BCUT2D eigenvalue weighted by Crippen LogP contribution is -2.12. The van der Waals surface area contributed by atoms with Crippen LogP contribution in [0.4, 0.5) is 13.2 Å². The van der Waals surface area contributed by atoms with E-state index < -0.39 is 11.7 Å². The van der Waals surface area contributed by atoms with E-state index in [0.717, 1.165) is 43.3 Å². The molecule has 1 aromatic heterocycles. The fraction of sp³-hybridized carbons (Fsp3) is 0.500. The molecule has 1 N–H and O–H groups in total. The van der Waals surface area contributed by atoms with Crippen LogP contribution in [-0.4, -0.2) is 9.55 Å². The van der Waals surface area contributed by atoms with E-state index in [1.165, 1.54) is 12.5 Å². The Bertz CT molecular complexity index is 678. The minimum atomic E-state index is -4.32. The first-order chi connectivity index (χ1) is 9.47. The number of benzene rings is 1. The summed E-state index contributed by atoms with van der Waals surface area (Å²) in [6, 6.07) is 4.11. The van der Waals surface area contributed by atoms with Gasteiger partial charge >= 0.3 is 6.18 Å². The van der Waals surface area contributed by atoms with Crippen LogP contribution in [0.5, 0.6) is 0 Å². The number of alkyl halides is 3. The number of fused-ring (bicyclic) bond motifs is 1. The second kappa shape index (κ2) is 4.91. The summed E-state index contributed by atoms with van der Waals surface area (Å²) in [7, 11) is 0. The first kappa shape index (κ1) is 13.7. The van der Waals surface area contributed by atoms with E-state index in [2.05, 4.69) is 4.98 Å². The number of hydrogen-bond acceptors (Lipinski definition) is 1. The van der Waals surface area contributed by atoms with Crippen LogP contribution in [0.3, 0.4) is 0 Å². The van der Waals surface area contributed by atoms with Crippen molar-refractivity contribution < 1.29 is 13.2 Å². The van der Waals surface area contributed by atoms with Crippen molar-refractivity contribution in [2.45, 2.75) is 44.3 Å². The van der Waals surface area contributed by atoms with Crippen LogP contribution in [0.15, 0.2) is 18.2 Å². The van der Waals surface area contributed by atoms with Gasteiger partial charge in [-0.05, 0) is 43.3 Å². The van der Waals surface area contributed by atoms with Crippen molar-refractivity contribution in [2.24, 2.45) is 0 Å². The standard InChI is InChI=1S/C14H15F3N2S/c15-14(16,17)9-6-7-12-11(8-9)18-13(20)19(12)10-4-2-1-3-5-10/h6-8,10H,1-5H2,(H,18,20). The van der Waals surface area contributed by atoms with Gasteiger partial charge in [0.1, 0.15) is 0 Å². The Hall–Kier alpha value is -1.30. The van der Waals surface area contributed by atoms with E-state index in [1.807, 2.05) is 4.57 Å². The molecule has 0 aliphatic heterocycles. The maximum Gasteiger partial charge on any atom is 0.416 e. The second-order valence-corrected chi connectivity index (χ2v) is 5.71. The van der Waals surface area contributed by atoms with Crippen molar-refractivity contribution in [1.29, 1.82) is 0 Å². The smallest absolute Gasteiger partial charge is 0.331 e. The van der Waals surface area contributed by atoms with E-state index in [1.54, 1.807) is 0 Å². The molecule has 0 bridgehead atoms. The van der Waals surface area contributed by atoms with Gasteiger partial charge in [-0.1, -0.05) is 19.3 Å². The van der Waals surface area contributed by atoms with Gasteiger partial charge in [-0.25, -0.2) is 0 Å². The number of halogens is 3. The van der Waals surface area contributed by atoms with Crippen molar-refractivity contribution in [1.82, 2.24) is 9.55 Å². The molecular weight excluding hydrogens is 285 g/mol. The molecule has 0 radical (unpaired) electrons. The number of nitrogens with one attached hydrogen (secondary N) is 1. The molecule has 1 heterocycles. The molecule has 0 saturated heterocycles. The summed E-state index contributed by atoms with van der Waals surface area (Å²) in [6.07, 6.45) is 1.30. The Kier molecular flexibility index (Phi) is 3.36. The summed E-state index contributed by atoms with van der Waals surface area (Å²) in [6.45, 7) is 0. The van der Waals surface area contributed by atoms with Gasteiger partial charge < -0.3 is 9.55 Å². The number of hydrogen-bond donors (Lipinski definition) is 1. The van der Waals surface area contributed by atoms with Crippen LogP contribution in [0, 0.1) is 4.77 Å². The normalized spacial score (nSPS) is 17.8. The third-order valence-corrected chi connectivity index (χ3v) is 4.28. The molecule has 3 rings (SSSR count). The molecule has 6 heteroatoms. The third-order valence-electron chi connectivity index (χ3n) is 3.98. The average molecular weight is 300 g/mol. The number of imidazole rings is 1. The van der Waals surface area contributed by atoms with Crippen LogP contribution in [0.1, 0.15) is 43.7 Å². The van der Waals surface area contributed by atoms with Crippen molar-refractivity contribution in [3.63, 3.8) is 0 Å². The van der Waals surface area contributed by atoms with Gasteiger partial charge in [-0.15, -0.1) is 0 Å². The van der Waals surface area contributed by atoms with Crippen LogP contribution in [0.25, 0.3) is 11.0 Å². The Morgan fingerprint density at radius 2 is 1.85 bits per heavy atom. The first-order valence-corrected chi connectivity index (χ1v) is 7.19. The molecule has 0 atom stereocenters. The van der Waals surface area contributed by atoms with E-state index in [9.17, 15) is 13.2 Å². The molecule has 20 heavy (non-hydrogen) atoms. The zero-order chi connectivity index (χ0) is 14.3. The summed E-state index contributed by atoms with van der Waals surface area (Å²) in [5.74, 6) is 0. The minimum Gasteiger partial charge on any atom is -0.331 e. The quantitative estimate of drug-likeness (QED) is 0.716. The topological polar surface area (TPSA) is 20.7 Å². The molecule has 1 aliphatic carbocycles. The number of aromatic nitrogens is 2. The molecule has 0 unspecified atom stereocenters. The van der Waals surface area contributed by atoms with E-state index in [0.29, 0.717) is 16.3 Å². The molecule has 1 aromatic carbocycles. The van der Waals surface area contributed by atoms with E-state index >= 15 is 0 Å². The average Bonchev–Trinajstić information content (AvgIpc) is 2.73. The minimum absolute atomic E-state index is 0.307. The maximum atomic E-state index is 12.7. The summed E-state index contributed by atoms with van der Waals surface area (Å²) in [5, 5.41) is 0. The lowest BCUT2D eigenvalue weighted by atomic mass is 9.95. The molecule has 2 nitrogen and oxygen atoms in total. The predicted octanol–water partition coefficient (Wildman–Crippen LogP) is 5.22. The molecule has 0 amide bonds. The lowest BCUT2D eigenvalue weighted by Gasteiger charge is -2.23. The van der Waals surface area contributed by atoms with Gasteiger partial charge in [-0.2, -0.15) is 13.2 Å².